The molecule has 13 heavy (non-hydrogen) atoms. The molecule has 0 aliphatic heterocycles. The highest BCUT2D eigenvalue weighted by molar-refractivity contribution is 7.85. The molecule has 0 fully saturated rings. The summed E-state index contributed by atoms with van der Waals surface area (Å²) < 4.78 is 2.08. The van der Waals surface area contributed by atoms with Gasteiger partial charge in [-0.1, -0.05) is 26.0 Å². The average Bonchev–Trinajstić information content (AvgIpc) is 2.49. The maximum absolute atomic E-state index is 7.18. The lowest BCUT2D eigenvalue weighted by Gasteiger charge is -1.97. The van der Waals surface area contributed by atoms with Crippen LogP contribution in [0.15, 0.2) is 12.4 Å². The molecule has 0 radical (unpaired) electrons. The van der Waals surface area contributed by atoms with Crippen molar-refractivity contribution in [1.29, 1.82) is 5.26 Å². The average molecular weight is 197 g/mol. The molecule has 0 aliphatic rings. The van der Waals surface area contributed by atoms with E-state index in [0.29, 0.717) is 0 Å². The summed E-state index contributed by atoms with van der Waals surface area (Å²) in [4.78, 5) is 4.22. The highest BCUT2D eigenvalue weighted by Gasteiger charge is 1.95. The maximum atomic E-state index is 7.18. The fraction of sp³-hybridized carbons (Fsp3) is 0.556. The molecule has 1 aromatic heterocycles. The molecule has 0 unspecified atom stereocenters. The number of aromatic nitrogens is 2. The lowest BCUT2D eigenvalue weighted by Crippen LogP contribution is -1.96. The molecule has 4 heteroatoms. The molecule has 0 atom stereocenters. The summed E-state index contributed by atoms with van der Waals surface area (Å²) in [5.41, 5.74) is 0. The van der Waals surface area contributed by atoms with E-state index in [2.05, 4.69) is 29.1 Å². The smallest absolute Gasteiger partial charge is 0.130 e. The molecule has 3 nitrogen and oxygen atoms in total. The first-order valence-electron chi connectivity index (χ1n) is 4.25. The molecule has 1 aromatic rings. The van der Waals surface area contributed by atoms with Crippen molar-refractivity contribution in [3.8, 4) is 5.40 Å². The Hall–Kier alpha value is -0.950. The van der Waals surface area contributed by atoms with Crippen molar-refractivity contribution in [2.45, 2.75) is 26.2 Å². The van der Waals surface area contributed by atoms with Crippen molar-refractivity contribution in [3.63, 3.8) is 0 Å². The van der Waals surface area contributed by atoms with Crippen molar-refractivity contribution < 1.29 is 0 Å². The van der Waals surface area contributed by atoms with Crippen LogP contribution in [0, 0.1) is 10.7 Å². The summed E-state index contributed by atoms with van der Waals surface area (Å²) >= 11 is 3.09. The van der Waals surface area contributed by atoms with Crippen LogP contribution in [0.3, 0.4) is 0 Å². The van der Waals surface area contributed by atoms with Gasteiger partial charge in [0.05, 0.1) is 0 Å². The monoisotopic (exact) mass is 197 g/mol. The molecule has 0 aliphatic carbocycles. The molecule has 1 heterocycles. The van der Waals surface area contributed by atoms with Crippen LogP contribution >= 0.6 is 12.6 Å². The van der Waals surface area contributed by atoms with E-state index in [4.69, 9.17) is 5.26 Å². The van der Waals surface area contributed by atoms with Gasteiger partial charge in [-0.25, -0.2) is 4.98 Å². The third-order valence-electron chi connectivity index (χ3n) is 1.67. The first-order chi connectivity index (χ1) is 6.26. The Morgan fingerprint density at radius 3 is 2.69 bits per heavy atom. The number of thiocyanates is 1. The molecular weight excluding hydrogens is 182 g/mol. The predicted octanol–water partition coefficient (Wildman–Crippen LogP) is 2.16. The Morgan fingerprint density at radius 2 is 2.31 bits per heavy atom. The van der Waals surface area contributed by atoms with Crippen LogP contribution in [0.1, 0.15) is 25.6 Å². The van der Waals surface area contributed by atoms with E-state index in [1.54, 1.807) is 0 Å². The van der Waals surface area contributed by atoms with Crippen molar-refractivity contribution in [2.75, 3.05) is 0 Å². The van der Waals surface area contributed by atoms with Gasteiger partial charge in [0.15, 0.2) is 0 Å². The Labute approximate surface area is 84.8 Å². The normalized spacial score (nSPS) is 8.46. The number of hydrogen-bond donors (Lipinski definition) is 1. The van der Waals surface area contributed by atoms with Gasteiger partial charge in [-0.2, -0.15) is 5.26 Å². The first kappa shape index (κ1) is 12.0. The molecule has 1 rings (SSSR count). The Balaban J connectivity index is 0.000000424. The second-order valence-corrected chi connectivity index (χ2v) is 2.86. The summed E-state index contributed by atoms with van der Waals surface area (Å²) in [6.07, 6.45) is 7.44. The van der Waals surface area contributed by atoms with Crippen molar-refractivity contribution in [3.05, 3.63) is 18.2 Å². The molecule has 0 saturated carbocycles. The Kier molecular flexibility index (Phi) is 7.12. The second-order valence-electron chi connectivity index (χ2n) is 2.66. The summed E-state index contributed by atoms with van der Waals surface area (Å²) in [5.74, 6) is 1.20. The Bertz CT molecular complexity index is 262. The molecule has 0 amide bonds. The van der Waals surface area contributed by atoms with Gasteiger partial charge < -0.3 is 4.57 Å². The van der Waals surface area contributed by atoms with Crippen LogP contribution in [0.2, 0.25) is 0 Å². The van der Waals surface area contributed by atoms with Crippen LogP contribution in [0.4, 0.5) is 0 Å². The number of nitriles is 1. The number of nitrogens with zero attached hydrogens (tertiary/aromatic N) is 3. The number of imidazole rings is 1. The maximum Gasteiger partial charge on any atom is 0.130 e. The zero-order chi connectivity index (χ0) is 10.1. The van der Waals surface area contributed by atoms with Crippen molar-refractivity contribution in [1.82, 2.24) is 9.55 Å². The highest BCUT2D eigenvalue weighted by Crippen LogP contribution is 2.00. The van der Waals surface area contributed by atoms with Crippen LogP contribution in [-0.4, -0.2) is 9.55 Å². The van der Waals surface area contributed by atoms with Gasteiger partial charge in [-0.3, -0.25) is 0 Å². The number of aryl methyl sites for hydroxylation is 2. The van der Waals surface area contributed by atoms with Crippen LogP contribution in [-0.2, 0) is 13.5 Å². The number of unbranched alkanes of at least 4 members (excludes halogenated alkanes) is 1. The summed E-state index contributed by atoms with van der Waals surface area (Å²) in [6.45, 7) is 2.20. The zero-order valence-electron chi connectivity index (χ0n) is 8.06. The summed E-state index contributed by atoms with van der Waals surface area (Å²) in [6, 6.07) is 0. The molecule has 0 spiro atoms. The quantitative estimate of drug-likeness (QED) is 0.596. The second kappa shape index (κ2) is 7.69. The topological polar surface area (TPSA) is 41.6 Å². The summed E-state index contributed by atoms with van der Waals surface area (Å²) in [5, 5.41) is 8.63. The minimum atomic E-state index is 1.11. The summed E-state index contributed by atoms with van der Waals surface area (Å²) in [7, 11) is 2.04. The van der Waals surface area contributed by atoms with Gasteiger partial charge in [0.25, 0.3) is 0 Å². The SMILES string of the molecule is CCCCc1nccn1C.N#CS. The molecule has 72 valence electrons. The van der Waals surface area contributed by atoms with E-state index in [1.807, 2.05) is 19.4 Å². The lowest BCUT2D eigenvalue weighted by molar-refractivity contribution is 0.712. The highest BCUT2D eigenvalue weighted by atomic mass is 32.1. The molecular formula is C9H15N3S. The van der Waals surface area contributed by atoms with Gasteiger partial charge >= 0.3 is 0 Å². The predicted molar refractivity (Wildman–Crippen MR) is 56.4 cm³/mol. The Morgan fingerprint density at radius 1 is 1.69 bits per heavy atom. The largest absolute Gasteiger partial charge is 0.338 e. The van der Waals surface area contributed by atoms with Crippen LogP contribution in [0.25, 0.3) is 0 Å². The number of rotatable bonds is 3. The molecule has 0 N–H and O–H groups in total. The third-order valence-corrected chi connectivity index (χ3v) is 1.67. The van der Waals surface area contributed by atoms with Gasteiger partial charge in [-0.05, 0) is 6.42 Å². The first-order valence-corrected chi connectivity index (χ1v) is 4.70. The van der Waals surface area contributed by atoms with Crippen molar-refractivity contribution >= 4 is 12.6 Å². The fourth-order valence-corrected chi connectivity index (χ4v) is 0.972. The fourth-order valence-electron chi connectivity index (χ4n) is 0.972. The molecule has 0 saturated heterocycles. The lowest BCUT2D eigenvalue weighted by atomic mass is 10.2. The van der Waals surface area contributed by atoms with E-state index in [1.165, 1.54) is 24.1 Å². The van der Waals surface area contributed by atoms with E-state index < -0.39 is 0 Å². The van der Waals surface area contributed by atoms with E-state index in [-0.39, 0.29) is 0 Å². The zero-order valence-corrected chi connectivity index (χ0v) is 8.96. The van der Waals surface area contributed by atoms with E-state index >= 15 is 0 Å². The van der Waals surface area contributed by atoms with Gasteiger partial charge in [0.1, 0.15) is 11.2 Å². The van der Waals surface area contributed by atoms with Gasteiger partial charge in [-0.15, -0.1) is 0 Å². The number of hydrogen-bond acceptors (Lipinski definition) is 3. The van der Waals surface area contributed by atoms with Crippen LogP contribution in [0.5, 0.6) is 0 Å². The van der Waals surface area contributed by atoms with Gasteiger partial charge in [0, 0.05) is 25.9 Å². The van der Waals surface area contributed by atoms with Crippen LogP contribution < -0.4 is 0 Å². The number of thiol groups is 1. The minimum absolute atomic E-state index is 1.11. The van der Waals surface area contributed by atoms with E-state index in [0.717, 1.165) is 6.42 Å². The van der Waals surface area contributed by atoms with E-state index in [9.17, 15) is 0 Å². The van der Waals surface area contributed by atoms with Crippen molar-refractivity contribution in [2.24, 2.45) is 7.05 Å². The molecule has 0 bridgehead atoms. The minimum Gasteiger partial charge on any atom is -0.338 e. The molecule has 0 aromatic carbocycles. The van der Waals surface area contributed by atoms with Gasteiger partial charge in [0.2, 0.25) is 0 Å². The third kappa shape index (κ3) is 5.31. The standard InChI is InChI=1S/C8H14N2.CHNS/c1-3-4-5-8-9-6-7-10(8)2;2-1-3/h6-7H,3-5H2,1-2H3;3H.